The van der Waals surface area contributed by atoms with E-state index < -0.39 is 5.97 Å². The molecule has 1 aliphatic heterocycles. The lowest BCUT2D eigenvalue weighted by Gasteiger charge is -2.22. The van der Waals surface area contributed by atoms with Gasteiger partial charge in [0.25, 0.3) is 5.97 Å². The number of aliphatic carboxylic acids is 1. The maximum atomic E-state index is 11.6. The number of carboxylic acid groups (broad SMARTS) is 1. The van der Waals surface area contributed by atoms with Crippen LogP contribution in [0.1, 0.15) is 32.6 Å². The van der Waals surface area contributed by atoms with Crippen LogP contribution in [0.5, 0.6) is 0 Å². The maximum absolute atomic E-state index is 11.6. The first-order valence-corrected chi connectivity index (χ1v) is 7.45. The number of piperidine rings is 1. The standard InChI is InChI=1S/C11H20N6O.C2H4O2/c18-11(2-1-7-17-9-14-15-16-17)13-8-10-3-5-12-6-4-10;1-2(3)4/h9-10,12H,1-8H2,(H,13,18);1H3,(H,3,4). The van der Waals surface area contributed by atoms with Crippen molar-refractivity contribution < 1.29 is 14.7 Å². The molecular weight excluding hydrogens is 288 g/mol. The summed E-state index contributed by atoms with van der Waals surface area (Å²) >= 11 is 0. The van der Waals surface area contributed by atoms with Crippen LogP contribution in [-0.4, -0.2) is 56.8 Å². The number of hydrogen-bond donors (Lipinski definition) is 3. The van der Waals surface area contributed by atoms with Crippen LogP contribution in [0.15, 0.2) is 6.33 Å². The summed E-state index contributed by atoms with van der Waals surface area (Å²) in [5.74, 6) is -0.0728. The number of carbonyl (C=O) groups excluding carboxylic acids is 1. The van der Waals surface area contributed by atoms with E-state index in [2.05, 4.69) is 26.2 Å². The summed E-state index contributed by atoms with van der Waals surface area (Å²) in [5.41, 5.74) is 0. The molecule has 9 heteroatoms. The molecule has 1 aromatic heterocycles. The molecule has 1 saturated heterocycles. The van der Waals surface area contributed by atoms with Gasteiger partial charge in [0.05, 0.1) is 0 Å². The topological polar surface area (TPSA) is 122 Å². The highest BCUT2D eigenvalue weighted by molar-refractivity contribution is 5.75. The molecule has 3 N–H and O–H groups in total. The van der Waals surface area contributed by atoms with Crippen molar-refractivity contribution in [3.63, 3.8) is 0 Å². The maximum Gasteiger partial charge on any atom is 0.300 e. The van der Waals surface area contributed by atoms with Gasteiger partial charge in [-0.25, -0.2) is 4.68 Å². The van der Waals surface area contributed by atoms with E-state index in [1.54, 1.807) is 11.0 Å². The van der Waals surface area contributed by atoms with E-state index in [1.165, 1.54) is 0 Å². The zero-order chi connectivity index (χ0) is 16.2. The molecule has 9 nitrogen and oxygen atoms in total. The predicted octanol–water partition coefficient (Wildman–Crippen LogP) is -0.340. The number of aromatic nitrogens is 4. The predicted molar refractivity (Wildman–Crippen MR) is 79.0 cm³/mol. The Morgan fingerprint density at radius 1 is 1.41 bits per heavy atom. The second-order valence-electron chi connectivity index (χ2n) is 5.19. The SMILES string of the molecule is CC(=O)O.O=C(CCCn1cnnn1)NCC1CCNCC1. The van der Waals surface area contributed by atoms with Crippen molar-refractivity contribution in [2.24, 2.45) is 5.92 Å². The average molecular weight is 312 g/mol. The van der Waals surface area contributed by atoms with Crippen molar-refractivity contribution in [3.05, 3.63) is 6.33 Å². The van der Waals surface area contributed by atoms with E-state index in [0.29, 0.717) is 18.9 Å². The minimum atomic E-state index is -0.833. The average Bonchev–Trinajstić information content (AvgIpc) is 2.99. The molecular formula is C13H24N6O3. The minimum absolute atomic E-state index is 0.126. The van der Waals surface area contributed by atoms with Crippen molar-refractivity contribution in [3.8, 4) is 0 Å². The highest BCUT2D eigenvalue weighted by Gasteiger charge is 2.13. The number of rotatable bonds is 6. The Morgan fingerprint density at radius 2 is 2.09 bits per heavy atom. The minimum Gasteiger partial charge on any atom is -0.481 e. The number of tetrazole rings is 1. The van der Waals surface area contributed by atoms with E-state index >= 15 is 0 Å². The van der Waals surface area contributed by atoms with Crippen LogP contribution < -0.4 is 10.6 Å². The Labute approximate surface area is 129 Å². The molecule has 1 fully saturated rings. The molecule has 0 atom stereocenters. The number of amides is 1. The van der Waals surface area contributed by atoms with Gasteiger partial charge in [-0.15, -0.1) is 5.10 Å². The molecule has 1 aliphatic rings. The van der Waals surface area contributed by atoms with Crippen molar-refractivity contribution in [1.82, 2.24) is 30.8 Å². The number of carbonyl (C=O) groups is 2. The Morgan fingerprint density at radius 3 is 2.68 bits per heavy atom. The van der Waals surface area contributed by atoms with E-state index in [-0.39, 0.29) is 5.91 Å². The van der Waals surface area contributed by atoms with Crippen LogP contribution in [0.2, 0.25) is 0 Å². The van der Waals surface area contributed by atoms with Gasteiger partial charge in [0.15, 0.2) is 0 Å². The monoisotopic (exact) mass is 312 g/mol. The lowest BCUT2D eigenvalue weighted by molar-refractivity contribution is -0.134. The number of nitrogens with one attached hydrogen (secondary N) is 2. The summed E-state index contributed by atoms with van der Waals surface area (Å²) in [4.78, 5) is 20.6. The molecule has 0 bridgehead atoms. The molecule has 0 unspecified atom stereocenters. The third-order valence-electron chi connectivity index (χ3n) is 3.23. The molecule has 1 aromatic rings. The second kappa shape index (κ2) is 10.7. The van der Waals surface area contributed by atoms with Crippen molar-refractivity contribution in [2.45, 2.75) is 39.2 Å². The normalized spacial score (nSPS) is 14.8. The fourth-order valence-corrected chi connectivity index (χ4v) is 2.12. The first-order valence-electron chi connectivity index (χ1n) is 7.45. The molecule has 124 valence electrons. The van der Waals surface area contributed by atoms with Crippen LogP contribution >= 0.6 is 0 Å². The fourth-order valence-electron chi connectivity index (χ4n) is 2.12. The summed E-state index contributed by atoms with van der Waals surface area (Å²) in [6.45, 7) is 4.72. The molecule has 0 aliphatic carbocycles. The number of nitrogens with zero attached hydrogens (tertiary/aromatic N) is 4. The first-order chi connectivity index (χ1) is 10.6. The Kier molecular flexibility index (Phi) is 8.73. The highest BCUT2D eigenvalue weighted by Crippen LogP contribution is 2.09. The molecule has 0 radical (unpaired) electrons. The van der Waals surface area contributed by atoms with E-state index in [9.17, 15) is 4.79 Å². The van der Waals surface area contributed by atoms with Gasteiger partial charge in [-0.05, 0) is 48.7 Å². The molecule has 1 amide bonds. The Balaban J connectivity index is 0.000000541. The van der Waals surface area contributed by atoms with Crippen LogP contribution in [0.4, 0.5) is 0 Å². The third-order valence-corrected chi connectivity index (χ3v) is 3.23. The van der Waals surface area contributed by atoms with Gasteiger partial charge in [0.1, 0.15) is 6.33 Å². The number of carboxylic acids is 1. The van der Waals surface area contributed by atoms with Crippen molar-refractivity contribution >= 4 is 11.9 Å². The van der Waals surface area contributed by atoms with Gasteiger partial charge in [0, 0.05) is 26.4 Å². The fraction of sp³-hybridized carbons (Fsp3) is 0.769. The number of aryl methyl sites for hydroxylation is 1. The summed E-state index contributed by atoms with van der Waals surface area (Å²) in [5, 5.41) is 24.6. The van der Waals surface area contributed by atoms with Gasteiger partial charge >= 0.3 is 0 Å². The Bertz CT molecular complexity index is 427. The van der Waals surface area contributed by atoms with Gasteiger partial charge < -0.3 is 15.7 Å². The lowest BCUT2D eigenvalue weighted by Crippen LogP contribution is -2.35. The zero-order valence-electron chi connectivity index (χ0n) is 12.9. The zero-order valence-corrected chi connectivity index (χ0v) is 12.9. The molecule has 22 heavy (non-hydrogen) atoms. The van der Waals surface area contributed by atoms with Crippen LogP contribution in [0.25, 0.3) is 0 Å². The molecule has 0 saturated carbocycles. The van der Waals surface area contributed by atoms with E-state index in [1.807, 2.05) is 0 Å². The summed E-state index contributed by atoms with van der Waals surface area (Å²) in [7, 11) is 0. The molecule has 0 spiro atoms. The van der Waals surface area contributed by atoms with Crippen LogP contribution in [-0.2, 0) is 16.1 Å². The third kappa shape index (κ3) is 9.01. The van der Waals surface area contributed by atoms with Crippen LogP contribution in [0, 0.1) is 5.92 Å². The Hall–Kier alpha value is -2.03. The molecule has 2 heterocycles. The van der Waals surface area contributed by atoms with Gasteiger partial charge in [-0.2, -0.15) is 0 Å². The highest BCUT2D eigenvalue weighted by atomic mass is 16.4. The largest absolute Gasteiger partial charge is 0.481 e. The summed E-state index contributed by atoms with van der Waals surface area (Å²) in [6, 6.07) is 0. The van der Waals surface area contributed by atoms with Gasteiger partial charge in [-0.3, -0.25) is 9.59 Å². The summed E-state index contributed by atoms with van der Waals surface area (Å²) in [6.07, 6.45) is 5.18. The molecule has 0 aromatic carbocycles. The van der Waals surface area contributed by atoms with Gasteiger partial charge in [0.2, 0.25) is 5.91 Å². The second-order valence-corrected chi connectivity index (χ2v) is 5.19. The van der Waals surface area contributed by atoms with Crippen molar-refractivity contribution in [1.29, 1.82) is 0 Å². The lowest BCUT2D eigenvalue weighted by atomic mass is 9.98. The smallest absolute Gasteiger partial charge is 0.300 e. The van der Waals surface area contributed by atoms with Crippen molar-refractivity contribution in [2.75, 3.05) is 19.6 Å². The van der Waals surface area contributed by atoms with E-state index in [0.717, 1.165) is 45.8 Å². The quantitative estimate of drug-likeness (QED) is 0.657. The number of hydrogen-bond acceptors (Lipinski definition) is 6. The first kappa shape index (κ1) is 18.0. The summed E-state index contributed by atoms with van der Waals surface area (Å²) < 4.78 is 1.64. The van der Waals surface area contributed by atoms with E-state index in [4.69, 9.17) is 9.90 Å². The molecule has 2 rings (SSSR count). The van der Waals surface area contributed by atoms with Crippen LogP contribution in [0.3, 0.4) is 0 Å². The van der Waals surface area contributed by atoms with Gasteiger partial charge in [-0.1, -0.05) is 0 Å².